The molecule has 3 rings (SSSR count). The molecule has 0 spiro atoms. The molecule has 0 atom stereocenters. The van der Waals surface area contributed by atoms with Gasteiger partial charge in [-0.15, -0.1) is 5.10 Å². The van der Waals surface area contributed by atoms with E-state index in [0.717, 1.165) is 0 Å². The maximum atomic E-state index is 12.2. The average molecular weight is 413 g/mol. The van der Waals surface area contributed by atoms with Crippen molar-refractivity contribution in [3.05, 3.63) is 36.0 Å². The number of amides is 1. The topological polar surface area (TPSA) is 114 Å². The van der Waals surface area contributed by atoms with Crippen molar-refractivity contribution >= 4 is 18.0 Å². The maximum Gasteiger partial charge on any atom is 0.322 e. The second kappa shape index (κ2) is 9.12. The number of hydrogen-bond acceptors (Lipinski definition) is 8. The number of rotatable bonds is 8. The van der Waals surface area contributed by atoms with Gasteiger partial charge in [0.1, 0.15) is 5.69 Å². The van der Waals surface area contributed by atoms with E-state index in [4.69, 9.17) is 18.6 Å². The quantitative estimate of drug-likeness (QED) is 0.560. The third-order valence-electron chi connectivity index (χ3n) is 4.13. The zero-order valence-electron chi connectivity index (χ0n) is 17.4. The van der Waals surface area contributed by atoms with Crippen molar-refractivity contribution in [3.8, 4) is 28.8 Å². The van der Waals surface area contributed by atoms with E-state index in [1.165, 1.54) is 27.4 Å². The van der Waals surface area contributed by atoms with E-state index < -0.39 is 5.91 Å². The number of carbonyl (C=O) groups is 1. The molecule has 0 saturated heterocycles. The Kier molecular flexibility index (Phi) is 6.35. The fourth-order valence-electron chi connectivity index (χ4n) is 2.63. The van der Waals surface area contributed by atoms with E-state index in [1.807, 2.05) is 20.0 Å². The van der Waals surface area contributed by atoms with Crippen molar-refractivity contribution in [3.63, 3.8) is 0 Å². The molecule has 0 saturated carbocycles. The molecular weight excluding hydrogens is 390 g/mol. The summed E-state index contributed by atoms with van der Waals surface area (Å²) in [5, 5.41) is 14.6. The Morgan fingerprint density at radius 2 is 1.83 bits per heavy atom. The van der Waals surface area contributed by atoms with Gasteiger partial charge in [0.2, 0.25) is 5.75 Å². The molecule has 3 aromatic rings. The summed E-state index contributed by atoms with van der Waals surface area (Å²) in [4.78, 5) is 12.2. The van der Waals surface area contributed by atoms with E-state index >= 15 is 0 Å². The Bertz CT molecular complexity index is 1030. The SMILES string of the molecule is COc1cc(/C=C/C(=O)Nc2nnc(-c3ccn(C(C)C)n3)o2)cc(OC)c1OC. The largest absolute Gasteiger partial charge is 0.493 e. The normalized spacial score (nSPS) is 11.1. The van der Waals surface area contributed by atoms with Crippen LogP contribution < -0.4 is 19.5 Å². The monoisotopic (exact) mass is 413 g/mol. The smallest absolute Gasteiger partial charge is 0.322 e. The van der Waals surface area contributed by atoms with Crippen LogP contribution in [0.2, 0.25) is 0 Å². The Hall–Kier alpha value is -3.82. The van der Waals surface area contributed by atoms with E-state index in [9.17, 15) is 4.79 Å². The van der Waals surface area contributed by atoms with Gasteiger partial charge in [0.05, 0.1) is 21.3 Å². The molecule has 0 unspecified atom stereocenters. The van der Waals surface area contributed by atoms with Crippen molar-refractivity contribution in [2.24, 2.45) is 0 Å². The molecule has 0 aliphatic rings. The predicted octanol–water partition coefficient (Wildman–Crippen LogP) is 3.19. The highest BCUT2D eigenvalue weighted by molar-refractivity contribution is 6.00. The van der Waals surface area contributed by atoms with E-state index in [2.05, 4.69) is 20.6 Å². The Labute approximate surface area is 173 Å². The van der Waals surface area contributed by atoms with Crippen LogP contribution in [0.5, 0.6) is 17.2 Å². The zero-order valence-corrected chi connectivity index (χ0v) is 17.4. The van der Waals surface area contributed by atoms with Gasteiger partial charge in [0.15, 0.2) is 11.5 Å². The lowest BCUT2D eigenvalue weighted by Crippen LogP contribution is -2.07. The molecule has 1 aromatic carbocycles. The molecule has 0 fully saturated rings. The number of aromatic nitrogens is 4. The summed E-state index contributed by atoms with van der Waals surface area (Å²) < 4.78 is 23.1. The highest BCUT2D eigenvalue weighted by atomic mass is 16.5. The van der Waals surface area contributed by atoms with Crippen LogP contribution in [-0.4, -0.2) is 47.2 Å². The van der Waals surface area contributed by atoms with Crippen LogP contribution in [0.15, 0.2) is 34.9 Å². The standard InChI is InChI=1S/C20H23N5O5/c1-12(2)25-9-8-14(24-25)19-22-23-20(30-19)21-17(26)7-6-13-10-15(27-3)18(29-5)16(11-13)28-4/h6-12H,1-5H3,(H,21,23,26)/b7-6+. The van der Waals surface area contributed by atoms with Gasteiger partial charge in [-0.25, -0.2) is 0 Å². The summed E-state index contributed by atoms with van der Waals surface area (Å²) in [5.41, 5.74) is 1.22. The summed E-state index contributed by atoms with van der Waals surface area (Å²) in [6, 6.07) is 5.40. The number of nitrogens with one attached hydrogen (secondary N) is 1. The minimum atomic E-state index is -0.438. The molecular formula is C20H23N5O5. The number of ether oxygens (including phenoxy) is 3. The van der Waals surface area contributed by atoms with Crippen LogP contribution in [0.4, 0.5) is 6.01 Å². The lowest BCUT2D eigenvalue weighted by atomic mass is 10.1. The third-order valence-corrected chi connectivity index (χ3v) is 4.13. The molecule has 158 valence electrons. The first-order chi connectivity index (χ1) is 14.4. The van der Waals surface area contributed by atoms with E-state index in [0.29, 0.717) is 28.5 Å². The van der Waals surface area contributed by atoms with Gasteiger partial charge in [0.25, 0.3) is 11.8 Å². The average Bonchev–Trinajstić information content (AvgIpc) is 3.41. The van der Waals surface area contributed by atoms with Gasteiger partial charge in [-0.1, -0.05) is 5.10 Å². The minimum absolute atomic E-state index is 0.0244. The highest BCUT2D eigenvalue weighted by Gasteiger charge is 2.14. The first-order valence-electron chi connectivity index (χ1n) is 9.13. The number of benzene rings is 1. The number of anilines is 1. The van der Waals surface area contributed by atoms with E-state index in [-0.39, 0.29) is 17.9 Å². The zero-order chi connectivity index (χ0) is 21.7. The third kappa shape index (κ3) is 4.59. The van der Waals surface area contributed by atoms with Crippen molar-refractivity contribution in [2.75, 3.05) is 26.6 Å². The van der Waals surface area contributed by atoms with Crippen LogP contribution in [0.3, 0.4) is 0 Å². The molecule has 2 heterocycles. The Balaban J connectivity index is 1.70. The first kappa shape index (κ1) is 20.9. The first-order valence-corrected chi connectivity index (χ1v) is 9.13. The molecule has 10 nitrogen and oxygen atoms in total. The maximum absolute atomic E-state index is 12.2. The van der Waals surface area contributed by atoms with Crippen LogP contribution >= 0.6 is 0 Å². The van der Waals surface area contributed by atoms with Crippen LogP contribution in [0.1, 0.15) is 25.5 Å². The fraction of sp³-hybridized carbons (Fsp3) is 0.300. The Morgan fingerprint density at radius 3 is 2.40 bits per heavy atom. The van der Waals surface area contributed by atoms with Crippen LogP contribution in [0.25, 0.3) is 17.7 Å². The molecule has 1 N–H and O–H groups in total. The van der Waals surface area contributed by atoms with Gasteiger partial charge in [-0.3, -0.25) is 14.8 Å². The highest BCUT2D eigenvalue weighted by Crippen LogP contribution is 2.38. The lowest BCUT2D eigenvalue weighted by Gasteiger charge is -2.12. The molecule has 1 amide bonds. The summed E-state index contributed by atoms with van der Waals surface area (Å²) in [7, 11) is 4.57. The summed E-state index contributed by atoms with van der Waals surface area (Å²) in [6.45, 7) is 4.02. The minimum Gasteiger partial charge on any atom is -0.493 e. The molecule has 2 aromatic heterocycles. The predicted molar refractivity (Wildman–Crippen MR) is 110 cm³/mol. The fourth-order valence-corrected chi connectivity index (χ4v) is 2.63. The number of hydrogen-bond donors (Lipinski definition) is 1. The van der Waals surface area contributed by atoms with Crippen molar-refractivity contribution < 1.29 is 23.4 Å². The number of nitrogens with zero attached hydrogens (tertiary/aromatic N) is 4. The summed E-state index contributed by atoms with van der Waals surface area (Å²) in [5.74, 6) is 1.23. The molecule has 0 bridgehead atoms. The molecule has 30 heavy (non-hydrogen) atoms. The Morgan fingerprint density at radius 1 is 1.13 bits per heavy atom. The second-order valence-electron chi connectivity index (χ2n) is 6.47. The van der Waals surface area contributed by atoms with Gasteiger partial charge >= 0.3 is 6.01 Å². The van der Waals surface area contributed by atoms with Crippen molar-refractivity contribution in [1.29, 1.82) is 0 Å². The van der Waals surface area contributed by atoms with Gasteiger partial charge in [-0.2, -0.15) is 5.10 Å². The summed E-state index contributed by atoms with van der Waals surface area (Å²) in [6.07, 6.45) is 4.75. The van der Waals surface area contributed by atoms with Gasteiger partial charge in [-0.05, 0) is 43.7 Å². The lowest BCUT2D eigenvalue weighted by molar-refractivity contribution is -0.112. The van der Waals surface area contributed by atoms with Crippen LogP contribution in [-0.2, 0) is 4.79 Å². The molecule has 0 aliphatic carbocycles. The molecule has 0 radical (unpaired) electrons. The van der Waals surface area contributed by atoms with Crippen molar-refractivity contribution in [1.82, 2.24) is 20.0 Å². The van der Waals surface area contributed by atoms with Gasteiger partial charge in [0, 0.05) is 18.3 Å². The number of carbonyl (C=O) groups excluding carboxylic acids is 1. The summed E-state index contributed by atoms with van der Waals surface area (Å²) >= 11 is 0. The van der Waals surface area contributed by atoms with Gasteiger partial charge < -0.3 is 18.6 Å². The second-order valence-corrected chi connectivity index (χ2v) is 6.47. The number of methoxy groups -OCH3 is 3. The van der Waals surface area contributed by atoms with E-state index in [1.54, 1.807) is 29.0 Å². The molecule has 0 aliphatic heterocycles. The van der Waals surface area contributed by atoms with Crippen molar-refractivity contribution in [2.45, 2.75) is 19.9 Å². The van der Waals surface area contributed by atoms with Crippen LogP contribution in [0, 0.1) is 0 Å². The molecule has 10 heteroatoms.